The number of imidazole rings is 1. The highest BCUT2D eigenvalue weighted by Gasteiger charge is 2.30. The van der Waals surface area contributed by atoms with Gasteiger partial charge in [0.25, 0.3) is 0 Å². The third-order valence-corrected chi connectivity index (χ3v) is 5.01. The highest BCUT2D eigenvalue weighted by Crippen LogP contribution is 2.29. The number of hydrogen-bond acceptors (Lipinski definition) is 4. The Morgan fingerprint density at radius 2 is 2.19 bits per heavy atom. The molecule has 0 aliphatic heterocycles. The molecule has 1 aliphatic carbocycles. The summed E-state index contributed by atoms with van der Waals surface area (Å²) in [5, 5.41) is 9.68. The van der Waals surface area contributed by atoms with E-state index in [9.17, 15) is 4.79 Å². The first kappa shape index (κ1) is 16.4. The number of carboxylic acids is 1. The van der Waals surface area contributed by atoms with Crippen molar-refractivity contribution in [3.63, 3.8) is 0 Å². The monoisotopic (exact) mass is 311 g/mol. The van der Waals surface area contributed by atoms with Gasteiger partial charge in [-0.15, -0.1) is 0 Å². The van der Waals surface area contributed by atoms with Gasteiger partial charge >= 0.3 is 5.97 Å². The first-order valence-corrected chi connectivity index (χ1v) is 8.50. The van der Waals surface area contributed by atoms with Crippen LogP contribution in [-0.4, -0.2) is 50.4 Å². The van der Waals surface area contributed by atoms with Gasteiger partial charge in [0.15, 0.2) is 5.16 Å². The quantitative estimate of drug-likeness (QED) is 0.748. The predicted octanol–water partition coefficient (Wildman–Crippen LogP) is 2.67. The Morgan fingerprint density at radius 1 is 1.52 bits per heavy atom. The first-order valence-electron chi connectivity index (χ1n) is 7.52. The van der Waals surface area contributed by atoms with Crippen molar-refractivity contribution in [3.8, 4) is 0 Å². The molecule has 1 aromatic heterocycles. The predicted molar refractivity (Wildman–Crippen MR) is 84.9 cm³/mol. The normalized spacial score (nSPS) is 16.7. The van der Waals surface area contributed by atoms with Gasteiger partial charge in [-0.25, -0.2) is 4.98 Å². The maximum atomic E-state index is 10.8. The van der Waals surface area contributed by atoms with Crippen molar-refractivity contribution in [3.05, 3.63) is 11.9 Å². The van der Waals surface area contributed by atoms with Crippen LogP contribution in [-0.2, 0) is 11.3 Å². The fourth-order valence-electron chi connectivity index (χ4n) is 2.49. The van der Waals surface area contributed by atoms with E-state index in [1.165, 1.54) is 30.3 Å². The van der Waals surface area contributed by atoms with E-state index in [1.807, 2.05) is 6.20 Å². The van der Waals surface area contributed by atoms with Crippen molar-refractivity contribution in [2.45, 2.75) is 63.3 Å². The Bertz CT molecular complexity index is 497. The second-order valence-electron chi connectivity index (χ2n) is 6.16. The number of likely N-dealkylation sites (N-methyl/N-ethyl adjacent to an activating group) is 1. The molecule has 1 unspecified atom stereocenters. The van der Waals surface area contributed by atoms with Gasteiger partial charge in [-0.3, -0.25) is 9.69 Å². The van der Waals surface area contributed by atoms with Gasteiger partial charge in [0.2, 0.25) is 0 Å². The van der Waals surface area contributed by atoms with Crippen LogP contribution in [0.15, 0.2) is 11.4 Å². The molecule has 0 aromatic carbocycles. The van der Waals surface area contributed by atoms with E-state index in [4.69, 9.17) is 5.11 Å². The molecule has 1 aliphatic rings. The van der Waals surface area contributed by atoms with Gasteiger partial charge in [0.1, 0.15) is 0 Å². The van der Waals surface area contributed by atoms with Crippen molar-refractivity contribution in [1.82, 2.24) is 14.5 Å². The zero-order valence-electron chi connectivity index (χ0n) is 13.2. The molecule has 2 rings (SSSR count). The van der Waals surface area contributed by atoms with Gasteiger partial charge in [-0.2, -0.15) is 0 Å². The Labute approximate surface area is 130 Å². The van der Waals surface area contributed by atoms with Crippen LogP contribution < -0.4 is 0 Å². The summed E-state index contributed by atoms with van der Waals surface area (Å²) in [4.78, 5) is 17.6. The lowest BCUT2D eigenvalue weighted by atomic mass is 10.1. The largest absolute Gasteiger partial charge is 0.481 e. The van der Waals surface area contributed by atoms with Crippen molar-refractivity contribution >= 4 is 17.7 Å². The van der Waals surface area contributed by atoms with Crippen molar-refractivity contribution in [2.24, 2.45) is 0 Å². The van der Waals surface area contributed by atoms with E-state index in [0.717, 1.165) is 17.7 Å². The molecule has 1 fully saturated rings. The van der Waals surface area contributed by atoms with Gasteiger partial charge in [-0.1, -0.05) is 25.6 Å². The van der Waals surface area contributed by atoms with Crippen LogP contribution >= 0.6 is 11.8 Å². The molecule has 1 N–H and O–H groups in total. The molecule has 0 amide bonds. The highest BCUT2D eigenvalue weighted by atomic mass is 32.2. The van der Waals surface area contributed by atoms with E-state index < -0.39 is 5.97 Å². The molecule has 1 saturated carbocycles. The van der Waals surface area contributed by atoms with Crippen LogP contribution in [0.25, 0.3) is 0 Å². The van der Waals surface area contributed by atoms with Crippen molar-refractivity contribution in [2.75, 3.05) is 12.8 Å². The second kappa shape index (κ2) is 6.83. The Hall–Kier alpha value is -1.01. The number of aliphatic carboxylic acids is 1. The summed E-state index contributed by atoms with van der Waals surface area (Å²) < 4.78 is 2.20. The lowest BCUT2D eigenvalue weighted by Crippen LogP contribution is -2.35. The maximum Gasteiger partial charge on any atom is 0.313 e. The highest BCUT2D eigenvalue weighted by molar-refractivity contribution is 7.99. The maximum absolute atomic E-state index is 10.8. The molecule has 1 atom stereocenters. The van der Waals surface area contributed by atoms with Gasteiger partial charge < -0.3 is 9.67 Å². The van der Waals surface area contributed by atoms with E-state index >= 15 is 0 Å². The smallest absolute Gasteiger partial charge is 0.313 e. The number of rotatable bonds is 8. The van der Waals surface area contributed by atoms with Crippen LogP contribution in [0.3, 0.4) is 0 Å². The molecule has 0 bridgehead atoms. The lowest BCUT2D eigenvalue weighted by Gasteiger charge is -2.26. The summed E-state index contributed by atoms with van der Waals surface area (Å²) in [6, 6.07) is 1.15. The SMILES string of the molecule is CC(C)c1cnc(SCC(=O)O)n1CC(C)N(C)C1CC1. The number of hydrogen-bond donors (Lipinski definition) is 1. The van der Waals surface area contributed by atoms with Crippen LogP contribution in [0.1, 0.15) is 45.2 Å². The average Bonchev–Trinajstić information content (AvgIpc) is 3.18. The molecule has 5 nitrogen and oxygen atoms in total. The molecule has 6 heteroatoms. The summed E-state index contributed by atoms with van der Waals surface area (Å²) in [6.07, 6.45) is 4.48. The van der Waals surface area contributed by atoms with Crippen LogP contribution in [0.2, 0.25) is 0 Å². The molecule has 0 radical (unpaired) electrons. The van der Waals surface area contributed by atoms with E-state index in [2.05, 4.69) is 42.3 Å². The third kappa shape index (κ3) is 4.23. The first-order chi connectivity index (χ1) is 9.90. The standard InChI is InChI=1S/C15H25N3O2S/c1-10(2)13-7-16-15(21-9-14(19)20)18(13)8-11(3)17(4)12-5-6-12/h7,10-12H,5-6,8-9H2,1-4H3,(H,19,20). The van der Waals surface area contributed by atoms with Crippen LogP contribution in [0, 0.1) is 0 Å². The molecular formula is C15H25N3O2S. The third-order valence-electron chi connectivity index (χ3n) is 4.03. The number of carboxylic acid groups (broad SMARTS) is 1. The Balaban J connectivity index is 2.13. The minimum Gasteiger partial charge on any atom is -0.481 e. The van der Waals surface area contributed by atoms with E-state index in [0.29, 0.717) is 12.0 Å². The van der Waals surface area contributed by atoms with E-state index in [-0.39, 0.29) is 5.75 Å². The van der Waals surface area contributed by atoms with Gasteiger partial charge in [0, 0.05) is 30.5 Å². The Morgan fingerprint density at radius 3 is 2.71 bits per heavy atom. The molecule has 0 saturated heterocycles. The van der Waals surface area contributed by atoms with Gasteiger partial charge in [-0.05, 0) is 32.7 Å². The van der Waals surface area contributed by atoms with Crippen LogP contribution in [0.5, 0.6) is 0 Å². The topological polar surface area (TPSA) is 58.4 Å². The van der Waals surface area contributed by atoms with E-state index in [1.54, 1.807) is 0 Å². The van der Waals surface area contributed by atoms with Crippen molar-refractivity contribution in [1.29, 1.82) is 0 Å². The molecule has 118 valence electrons. The van der Waals surface area contributed by atoms with Crippen molar-refractivity contribution < 1.29 is 9.90 Å². The summed E-state index contributed by atoms with van der Waals surface area (Å²) in [5.74, 6) is -0.361. The number of thioether (sulfide) groups is 1. The molecule has 1 heterocycles. The lowest BCUT2D eigenvalue weighted by molar-refractivity contribution is -0.133. The zero-order chi connectivity index (χ0) is 15.6. The Kier molecular flexibility index (Phi) is 5.32. The number of nitrogens with zero attached hydrogens (tertiary/aromatic N) is 3. The summed E-state index contributed by atoms with van der Waals surface area (Å²) in [5.41, 5.74) is 1.18. The summed E-state index contributed by atoms with van der Waals surface area (Å²) >= 11 is 1.30. The fraction of sp³-hybridized carbons (Fsp3) is 0.733. The number of carbonyl (C=O) groups is 1. The minimum absolute atomic E-state index is 0.0569. The zero-order valence-corrected chi connectivity index (χ0v) is 14.1. The molecule has 0 spiro atoms. The summed E-state index contributed by atoms with van der Waals surface area (Å²) in [6.45, 7) is 7.39. The molecule has 1 aromatic rings. The molecular weight excluding hydrogens is 286 g/mol. The van der Waals surface area contributed by atoms with Crippen LogP contribution in [0.4, 0.5) is 0 Å². The summed E-state index contributed by atoms with van der Waals surface area (Å²) in [7, 11) is 2.18. The fourth-order valence-corrected chi connectivity index (χ4v) is 3.21. The number of aromatic nitrogens is 2. The second-order valence-corrected chi connectivity index (χ2v) is 7.10. The minimum atomic E-state index is -0.802. The van der Waals surface area contributed by atoms with Gasteiger partial charge in [0.05, 0.1) is 5.75 Å². The average molecular weight is 311 g/mol. The molecule has 21 heavy (non-hydrogen) atoms.